The van der Waals surface area contributed by atoms with Crippen LogP contribution in [0.1, 0.15) is 32.6 Å². The molecule has 0 aromatic rings. The Bertz CT molecular complexity index is 502. The van der Waals surface area contributed by atoms with E-state index in [0.29, 0.717) is 32.2 Å². The van der Waals surface area contributed by atoms with Crippen molar-refractivity contribution in [2.45, 2.75) is 32.6 Å². The maximum absolute atomic E-state index is 12.2. The highest BCUT2D eigenvalue weighted by Gasteiger charge is 2.33. The molecule has 0 saturated carbocycles. The van der Waals surface area contributed by atoms with Crippen LogP contribution in [0, 0.1) is 11.8 Å². The maximum atomic E-state index is 12.2. The number of hydrogen-bond acceptors (Lipinski definition) is 6. The predicted octanol–water partition coefficient (Wildman–Crippen LogP) is -0.569. The van der Waals surface area contributed by atoms with Gasteiger partial charge in [-0.1, -0.05) is 0 Å². The average molecular weight is 339 g/mol. The number of imide groups is 1. The van der Waals surface area contributed by atoms with E-state index in [2.05, 4.69) is 10.6 Å². The highest BCUT2D eigenvalue weighted by molar-refractivity contribution is 6.37. The Morgan fingerprint density at radius 1 is 1.12 bits per heavy atom. The van der Waals surface area contributed by atoms with Gasteiger partial charge in [0.05, 0.1) is 12.5 Å². The summed E-state index contributed by atoms with van der Waals surface area (Å²) >= 11 is 0. The summed E-state index contributed by atoms with van der Waals surface area (Å²) in [5.41, 5.74) is 0. The minimum atomic E-state index is -0.914. The molecule has 0 spiro atoms. The van der Waals surface area contributed by atoms with Gasteiger partial charge in [0.25, 0.3) is 0 Å². The van der Waals surface area contributed by atoms with Crippen molar-refractivity contribution in [3.63, 3.8) is 0 Å². The number of hydrogen-bond donors (Lipinski definition) is 2. The van der Waals surface area contributed by atoms with E-state index in [0.717, 1.165) is 13.1 Å². The molecule has 2 N–H and O–H groups in total. The largest absolute Gasteiger partial charge is 0.466 e. The van der Waals surface area contributed by atoms with Crippen LogP contribution in [0.5, 0.6) is 0 Å². The minimum absolute atomic E-state index is 0.159. The molecule has 24 heavy (non-hydrogen) atoms. The summed E-state index contributed by atoms with van der Waals surface area (Å²) in [5.74, 6) is -3.06. The van der Waals surface area contributed by atoms with E-state index in [1.165, 1.54) is 4.90 Å². The first-order valence-corrected chi connectivity index (χ1v) is 8.54. The van der Waals surface area contributed by atoms with Crippen molar-refractivity contribution < 1.29 is 23.9 Å². The first-order valence-electron chi connectivity index (χ1n) is 8.54. The fourth-order valence-electron chi connectivity index (χ4n) is 3.11. The molecule has 134 valence electrons. The van der Waals surface area contributed by atoms with Gasteiger partial charge in [0.2, 0.25) is 5.91 Å². The molecular weight excluding hydrogens is 314 g/mol. The summed E-state index contributed by atoms with van der Waals surface area (Å²) in [4.78, 5) is 49.5. The fraction of sp³-hybridized carbons (Fsp3) is 0.750. The second kappa shape index (κ2) is 8.77. The molecule has 2 aliphatic rings. The molecule has 0 aromatic carbocycles. The van der Waals surface area contributed by atoms with Crippen molar-refractivity contribution in [3.05, 3.63) is 0 Å². The zero-order valence-electron chi connectivity index (χ0n) is 14.0. The number of piperidine rings is 2. The quantitative estimate of drug-likeness (QED) is 0.527. The lowest BCUT2D eigenvalue weighted by Gasteiger charge is -2.31. The van der Waals surface area contributed by atoms with Crippen molar-refractivity contribution in [2.75, 3.05) is 32.8 Å². The van der Waals surface area contributed by atoms with E-state index >= 15 is 0 Å². The Kier molecular flexibility index (Phi) is 6.72. The molecule has 0 radical (unpaired) electrons. The number of carbonyl (C=O) groups excluding carboxylic acids is 4. The Balaban J connectivity index is 1.86. The van der Waals surface area contributed by atoms with Gasteiger partial charge in [-0.25, -0.2) is 0 Å². The molecule has 8 nitrogen and oxygen atoms in total. The van der Waals surface area contributed by atoms with Crippen LogP contribution < -0.4 is 10.6 Å². The van der Waals surface area contributed by atoms with Crippen molar-refractivity contribution in [1.82, 2.24) is 15.5 Å². The van der Waals surface area contributed by atoms with E-state index in [-0.39, 0.29) is 25.0 Å². The first kappa shape index (κ1) is 18.4. The molecular formula is C16H25N3O5. The highest BCUT2D eigenvalue weighted by atomic mass is 16.5. The first-order chi connectivity index (χ1) is 11.5. The summed E-state index contributed by atoms with van der Waals surface area (Å²) in [6.07, 6.45) is 2.58. The van der Waals surface area contributed by atoms with Gasteiger partial charge in [0.15, 0.2) is 0 Å². The van der Waals surface area contributed by atoms with Gasteiger partial charge in [0, 0.05) is 19.0 Å². The van der Waals surface area contributed by atoms with Gasteiger partial charge in [-0.3, -0.25) is 24.5 Å². The third-order valence-corrected chi connectivity index (χ3v) is 4.47. The van der Waals surface area contributed by atoms with E-state index in [9.17, 15) is 19.2 Å². The molecule has 2 fully saturated rings. The molecule has 3 amide bonds. The predicted molar refractivity (Wildman–Crippen MR) is 84.7 cm³/mol. The summed E-state index contributed by atoms with van der Waals surface area (Å²) in [6, 6.07) is 0. The molecule has 2 saturated heterocycles. The number of ether oxygens (including phenoxy) is 1. The number of nitrogens with zero attached hydrogens (tertiary/aromatic N) is 1. The van der Waals surface area contributed by atoms with Crippen LogP contribution in [0.3, 0.4) is 0 Å². The average Bonchev–Trinajstić information content (AvgIpc) is 2.62. The van der Waals surface area contributed by atoms with Gasteiger partial charge < -0.3 is 15.0 Å². The highest BCUT2D eigenvalue weighted by Crippen LogP contribution is 2.18. The van der Waals surface area contributed by atoms with Gasteiger partial charge >= 0.3 is 17.8 Å². The lowest BCUT2D eigenvalue weighted by Crippen LogP contribution is -2.51. The van der Waals surface area contributed by atoms with Crippen LogP contribution in [0.15, 0.2) is 0 Å². The maximum Gasteiger partial charge on any atom is 0.316 e. The number of amides is 3. The monoisotopic (exact) mass is 339 g/mol. The summed E-state index contributed by atoms with van der Waals surface area (Å²) in [7, 11) is 0. The van der Waals surface area contributed by atoms with Crippen LogP contribution in [-0.4, -0.2) is 61.4 Å². The number of rotatable bonds is 3. The van der Waals surface area contributed by atoms with E-state index in [1.807, 2.05) is 0 Å². The second-order valence-corrected chi connectivity index (χ2v) is 6.19. The van der Waals surface area contributed by atoms with Gasteiger partial charge in [-0.2, -0.15) is 0 Å². The van der Waals surface area contributed by atoms with Crippen LogP contribution >= 0.6 is 0 Å². The van der Waals surface area contributed by atoms with Crippen molar-refractivity contribution in [1.29, 1.82) is 0 Å². The molecule has 0 bridgehead atoms. The number of nitrogens with one attached hydrogen (secondary N) is 2. The van der Waals surface area contributed by atoms with Gasteiger partial charge in [0.1, 0.15) is 0 Å². The van der Waals surface area contributed by atoms with Crippen molar-refractivity contribution in [3.8, 4) is 0 Å². The molecule has 1 atom stereocenters. The summed E-state index contributed by atoms with van der Waals surface area (Å²) in [5, 5.41) is 5.34. The standard InChI is InChI=1S/C16H25N3O5/c1-2-24-16(23)12-4-3-9-19(10-12)15(22)14(21)18-13(20)11-5-7-17-8-6-11/h11-12,17H,2-10H2,1H3,(H,18,20,21). The van der Waals surface area contributed by atoms with Crippen LogP contribution in [0.25, 0.3) is 0 Å². The lowest BCUT2D eigenvalue weighted by atomic mass is 9.97. The Labute approximate surface area is 141 Å². The SMILES string of the molecule is CCOC(=O)C1CCCN(C(=O)C(=O)NC(=O)C2CCNCC2)C1. The normalized spacial score (nSPS) is 21.9. The van der Waals surface area contributed by atoms with Crippen LogP contribution in [-0.2, 0) is 23.9 Å². The van der Waals surface area contributed by atoms with Crippen molar-refractivity contribution >= 4 is 23.7 Å². The minimum Gasteiger partial charge on any atom is -0.466 e. The molecule has 8 heteroatoms. The Morgan fingerprint density at radius 3 is 2.50 bits per heavy atom. The Morgan fingerprint density at radius 2 is 1.83 bits per heavy atom. The zero-order valence-corrected chi connectivity index (χ0v) is 14.0. The third kappa shape index (κ3) is 4.77. The molecule has 2 rings (SSSR count). The fourth-order valence-corrected chi connectivity index (χ4v) is 3.11. The molecule has 2 heterocycles. The third-order valence-electron chi connectivity index (χ3n) is 4.47. The Hall–Kier alpha value is -1.96. The van der Waals surface area contributed by atoms with E-state index < -0.39 is 23.6 Å². The van der Waals surface area contributed by atoms with E-state index in [4.69, 9.17) is 4.74 Å². The lowest BCUT2D eigenvalue weighted by molar-refractivity contribution is -0.155. The van der Waals surface area contributed by atoms with Gasteiger partial charge in [-0.15, -0.1) is 0 Å². The molecule has 0 aromatic heterocycles. The number of carbonyl (C=O) groups is 4. The van der Waals surface area contributed by atoms with Crippen LogP contribution in [0.2, 0.25) is 0 Å². The van der Waals surface area contributed by atoms with E-state index in [1.54, 1.807) is 6.92 Å². The summed E-state index contributed by atoms with van der Waals surface area (Å²) < 4.78 is 4.98. The van der Waals surface area contributed by atoms with Gasteiger partial charge in [-0.05, 0) is 45.7 Å². The molecule has 2 aliphatic heterocycles. The zero-order chi connectivity index (χ0) is 17.5. The number of esters is 1. The van der Waals surface area contributed by atoms with Crippen molar-refractivity contribution in [2.24, 2.45) is 11.8 Å². The second-order valence-electron chi connectivity index (χ2n) is 6.19. The smallest absolute Gasteiger partial charge is 0.316 e. The summed E-state index contributed by atoms with van der Waals surface area (Å²) in [6.45, 7) is 4.04. The molecule has 1 unspecified atom stereocenters. The number of likely N-dealkylation sites (tertiary alicyclic amines) is 1. The molecule has 0 aliphatic carbocycles. The topological polar surface area (TPSA) is 105 Å². The van der Waals surface area contributed by atoms with Crippen LogP contribution in [0.4, 0.5) is 0 Å².